The van der Waals surface area contributed by atoms with Crippen LogP contribution in [0.1, 0.15) is 16.1 Å². The molecule has 2 aromatic carbocycles. The van der Waals surface area contributed by atoms with Crippen molar-refractivity contribution >= 4 is 11.9 Å². The van der Waals surface area contributed by atoms with Gasteiger partial charge in [0.05, 0.1) is 6.61 Å². The fraction of sp³-hybridized carbons (Fsp3) is 0.150. The maximum Gasteiger partial charge on any atom is 0.331 e. The molecule has 2 N–H and O–H groups in total. The van der Waals surface area contributed by atoms with Gasteiger partial charge in [0.25, 0.3) is 5.91 Å². The van der Waals surface area contributed by atoms with Gasteiger partial charge in [0.15, 0.2) is 18.4 Å². The Morgan fingerprint density at radius 3 is 2.41 bits per heavy atom. The molecule has 1 amide bonds. The van der Waals surface area contributed by atoms with Crippen LogP contribution in [0, 0.1) is 0 Å². The number of aliphatic hydroxyl groups is 1. The minimum absolute atomic E-state index is 0.156. The van der Waals surface area contributed by atoms with Crippen molar-refractivity contribution in [3.05, 3.63) is 78.1 Å². The van der Waals surface area contributed by atoms with Crippen LogP contribution >= 0.6 is 0 Å². The largest absolute Gasteiger partial charge is 0.456 e. The van der Waals surface area contributed by atoms with Crippen LogP contribution in [0.15, 0.2) is 71.3 Å². The van der Waals surface area contributed by atoms with E-state index in [4.69, 9.17) is 9.26 Å². The SMILES string of the molecule is O=C(NC(CO)C(=O)OCc1cc(-c2ccccc2)no1)c1ccccc1. The maximum absolute atomic E-state index is 12.1. The highest BCUT2D eigenvalue weighted by Crippen LogP contribution is 2.19. The summed E-state index contributed by atoms with van der Waals surface area (Å²) in [6.45, 7) is -0.737. The number of amides is 1. The summed E-state index contributed by atoms with van der Waals surface area (Å²) in [7, 11) is 0. The lowest BCUT2D eigenvalue weighted by molar-refractivity contribution is -0.148. The van der Waals surface area contributed by atoms with Crippen LogP contribution in [-0.4, -0.2) is 34.8 Å². The molecule has 0 aliphatic rings. The predicted octanol–water partition coefficient (Wildman–Crippen LogP) is 2.18. The molecule has 3 aromatic rings. The molecule has 0 aliphatic heterocycles. The first-order chi connectivity index (χ1) is 13.2. The highest BCUT2D eigenvalue weighted by atomic mass is 16.6. The molecule has 0 spiro atoms. The number of carbonyl (C=O) groups excluding carboxylic acids is 2. The first-order valence-corrected chi connectivity index (χ1v) is 8.32. The van der Waals surface area contributed by atoms with Crippen LogP contribution in [0.4, 0.5) is 0 Å². The van der Waals surface area contributed by atoms with Crippen LogP contribution in [0.3, 0.4) is 0 Å². The third kappa shape index (κ3) is 4.80. The number of hydrogen-bond acceptors (Lipinski definition) is 6. The van der Waals surface area contributed by atoms with Crippen molar-refractivity contribution in [1.29, 1.82) is 0 Å². The Balaban J connectivity index is 1.56. The van der Waals surface area contributed by atoms with E-state index < -0.39 is 24.5 Å². The molecule has 1 heterocycles. The highest BCUT2D eigenvalue weighted by molar-refractivity contribution is 5.96. The van der Waals surface area contributed by atoms with Crippen LogP contribution in [0.2, 0.25) is 0 Å². The maximum atomic E-state index is 12.1. The molecule has 0 aliphatic carbocycles. The number of hydrogen-bond donors (Lipinski definition) is 2. The minimum Gasteiger partial charge on any atom is -0.456 e. The summed E-state index contributed by atoms with van der Waals surface area (Å²) >= 11 is 0. The molecule has 7 nitrogen and oxygen atoms in total. The average Bonchev–Trinajstić information content (AvgIpc) is 3.20. The lowest BCUT2D eigenvalue weighted by atomic mass is 10.1. The molecule has 0 saturated heterocycles. The number of nitrogens with one attached hydrogen (secondary N) is 1. The second-order valence-corrected chi connectivity index (χ2v) is 5.73. The van der Waals surface area contributed by atoms with Gasteiger partial charge in [-0.15, -0.1) is 0 Å². The number of esters is 1. The van der Waals surface area contributed by atoms with Crippen LogP contribution in [0.5, 0.6) is 0 Å². The van der Waals surface area contributed by atoms with E-state index in [9.17, 15) is 14.7 Å². The Morgan fingerprint density at radius 1 is 1.07 bits per heavy atom. The molecular weight excluding hydrogens is 348 g/mol. The van der Waals surface area contributed by atoms with Crippen LogP contribution in [-0.2, 0) is 16.1 Å². The van der Waals surface area contributed by atoms with E-state index in [1.54, 1.807) is 36.4 Å². The molecule has 0 radical (unpaired) electrons. The van der Waals surface area contributed by atoms with Gasteiger partial charge < -0.3 is 19.7 Å². The standard InChI is InChI=1S/C20H18N2O5/c23-12-18(21-19(24)15-9-5-2-6-10-15)20(25)26-13-16-11-17(22-27-16)14-7-3-1-4-8-14/h1-11,18,23H,12-13H2,(H,21,24). The highest BCUT2D eigenvalue weighted by Gasteiger charge is 2.22. The monoisotopic (exact) mass is 366 g/mol. The van der Waals surface area contributed by atoms with Crippen molar-refractivity contribution in [3.63, 3.8) is 0 Å². The van der Waals surface area contributed by atoms with Crippen molar-refractivity contribution in [2.75, 3.05) is 6.61 Å². The van der Waals surface area contributed by atoms with Gasteiger partial charge in [0.1, 0.15) is 5.69 Å². The van der Waals surface area contributed by atoms with E-state index in [-0.39, 0.29) is 6.61 Å². The quantitative estimate of drug-likeness (QED) is 0.622. The molecule has 27 heavy (non-hydrogen) atoms. The van der Waals surface area contributed by atoms with Gasteiger partial charge in [-0.1, -0.05) is 53.7 Å². The van der Waals surface area contributed by atoms with Gasteiger partial charge in [-0.05, 0) is 12.1 Å². The summed E-state index contributed by atoms with van der Waals surface area (Å²) in [6.07, 6.45) is 0. The lowest BCUT2D eigenvalue weighted by Crippen LogP contribution is -2.44. The van der Waals surface area contributed by atoms with Gasteiger partial charge in [-0.25, -0.2) is 4.79 Å². The van der Waals surface area contributed by atoms with Crippen molar-refractivity contribution in [3.8, 4) is 11.3 Å². The first-order valence-electron chi connectivity index (χ1n) is 8.32. The molecule has 0 fully saturated rings. The Hall–Kier alpha value is -3.45. The molecule has 1 atom stereocenters. The molecule has 1 unspecified atom stereocenters. The first kappa shape index (κ1) is 18.3. The predicted molar refractivity (Wildman–Crippen MR) is 96.5 cm³/mol. The van der Waals surface area contributed by atoms with Crippen molar-refractivity contribution in [2.45, 2.75) is 12.6 Å². The molecule has 0 bridgehead atoms. The second kappa shape index (κ2) is 8.77. The second-order valence-electron chi connectivity index (χ2n) is 5.73. The van der Waals surface area contributed by atoms with E-state index in [0.717, 1.165) is 5.56 Å². The summed E-state index contributed by atoms with van der Waals surface area (Å²) in [6, 6.07) is 18.3. The Kier molecular flexibility index (Phi) is 5.96. The summed E-state index contributed by atoms with van der Waals surface area (Å²) in [5.74, 6) is -0.884. The molecule has 138 valence electrons. The van der Waals surface area contributed by atoms with Gasteiger partial charge in [0, 0.05) is 17.2 Å². The van der Waals surface area contributed by atoms with E-state index in [0.29, 0.717) is 17.0 Å². The summed E-state index contributed by atoms with van der Waals surface area (Å²) in [5, 5.41) is 15.8. The summed E-state index contributed by atoms with van der Waals surface area (Å²) in [5.41, 5.74) is 1.88. The van der Waals surface area contributed by atoms with E-state index >= 15 is 0 Å². The van der Waals surface area contributed by atoms with E-state index in [2.05, 4.69) is 10.5 Å². The van der Waals surface area contributed by atoms with Crippen LogP contribution in [0.25, 0.3) is 11.3 Å². The van der Waals surface area contributed by atoms with Crippen molar-refractivity contribution in [2.24, 2.45) is 0 Å². The molecule has 0 saturated carbocycles. The Morgan fingerprint density at radius 2 is 1.74 bits per heavy atom. The molecular formula is C20H18N2O5. The molecule has 1 aromatic heterocycles. The number of aromatic nitrogens is 1. The minimum atomic E-state index is -1.17. The zero-order valence-corrected chi connectivity index (χ0v) is 14.4. The third-order valence-electron chi connectivity index (χ3n) is 3.79. The molecule has 7 heteroatoms. The normalized spacial score (nSPS) is 11.6. The summed E-state index contributed by atoms with van der Waals surface area (Å²) < 4.78 is 10.3. The van der Waals surface area contributed by atoms with Crippen molar-refractivity contribution in [1.82, 2.24) is 10.5 Å². The van der Waals surface area contributed by atoms with Gasteiger partial charge in [-0.2, -0.15) is 0 Å². The number of benzene rings is 2. The number of nitrogens with zero attached hydrogens (tertiary/aromatic N) is 1. The lowest BCUT2D eigenvalue weighted by Gasteiger charge is -2.14. The molecule has 3 rings (SSSR count). The Labute approximate surface area is 155 Å². The fourth-order valence-electron chi connectivity index (χ4n) is 2.38. The third-order valence-corrected chi connectivity index (χ3v) is 3.79. The topological polar surface area (TPSA) is 102 Å². The zero-order chi connectivity index (χ0) is 19.1. The number of rotatable bonds is 7. The zero-order valence-electron chi connectivity index (χ0n) is 14.4. The van der Waals surface area contributed by atoms with Crippen molar-refractivity contribution < 1.29 is 24.0 Å². The summed E-state index contributed by atoms with van der Waals surface area (Å²) in [4.78, 5) is 24.2. The fourth-order valence-corrected chi connectivity index (χ4v) is 2.38. The smallest absolute Gasteiger partial charge is 0.331 e. The number of ether oxygens (including phenoxy) is 1. The van der Waals surface area contributed by atoms with Gasteiger partial charge >= 0.3 is 5.97 Å². The van der Waals surface area contributed by atoms with Gasteiger partial charge in [-0.3, -0.25) is 4.79 Å². The van der Waals surface area contributed by atoms with Gasteiger partial charge in [0.2, 0.25) is 0 Å². The van der Waals surface area contributed by atoms with E-state index in [1.165, 1.54) is 0 Å². The number of aliphatic hydroxyl groups excluding tert-OH is 1. The Bertz CT molecular complexity index is 893. The number of carbonyl (C=O) groups is 2. The van der Waals surface area contributed by atoms with Crippen LogP contribution < -0.4 is 5.32 Å². The van der Waals surface area contributed by atoms with E-state index in [1.807, 2.05) is 30.3 Å². The average molecular weight is 366 g/mol.